The van der Waals surface area contributed by atoms with Gasteiger partial charge in [-0.2, -0.15) is 0 Å². The van der Waals surface area contributed by atoms with Gasteiger partial charge in [0.05, 0.1) is 5.57 Å². The van der Waals surface area contributed by atoms with Crippen molar-refractivity contribution in [2.45, 2.75) is 16.1 Å². The van der Waals surface area contributed by atoms with Crippen LogP contribution in [0, 0.1) is 0 Å². The van der Waals surface area contributed by atoms with Gasteiger partial charge >= 0.3 is 0 Å². The molecular weight excluding hydrogens is 550 g/mol. The minimum absolute atomic E-state index is 0.0444. The molecule has 3 aromatic heterocycles. The number of hydrogen-bond donors (Lipinski definition) is 1. The number of aromatic nitrogens is 2. The van der Waals surface area contributed by atoms with Gasteiger partial charge in [-0.1, -0.05) is 71.1 Å². The molecule has 0 saturated heterocycles. The molecule has 2 aromatic carbocycles. The number of furan rings is 1. The molecule has 0 fully saturated rings. The number of amides is 1. The highest BCUT2D eigenvalue weighted by Crippen LogP contribution is 2.45. The number of hydrogen-bond acceptors (Lipinski definition) is 9. The van der Waals surface area contributed by atoms with Gasteiger partial charge in [-0.15, -0.1) is 21.5 Å². The van der Waals surface area contributed by atoms with Crippen LogP contribution < -0.4 is 4.90 Å². The average molecular weight is 566 g/mol. The SMILES string of the molecule is O=C(C1=C(O)C(=O)N(c2nnc(SCc3ccc(Cl)cc3)s2)C1c1cccs1)c1cc2ccccc2o1. The normalized spacial score (nSPS) is 15.8. The summed E-state index contributed by atoms with van der Waals surface area (Å²) in [5.41, 5.74) is 1.57. The van der Waals surface area contributed by atoms with Crippen molar-refractivity contribution in [2.24, 2.45) is 0 Å². The molecule has 1 atom stereocenters. The first-order valence-electron chi connectivity index (χ1n) is 11.0. The molecule has 1 amide bonds. The maximum Gasteiger partial charge on any atom is 0.296 e. The van der Waals surface area contributed by atoms with E-state index in [0.717, 1.165) is 10.9 Å². The second-order valence-electron chi connectivity index (χ2n) is 8.10. The van der Waals surface area contributed by atoms with Gasteiger partial charge in [0.15, 0.2) is 15.9 Å². The van der Waals surface area contributed by atoms with Crippen molar-refractivity contribution in [3.8, 4) is 0 Å². The second-order valence-corrected chi connectivity index (χ2v) is 11.7. The summed E-state index contributed by atoms with van der Waals surface area (Å²) in [7, 11) is 0. The third-order valence-electron chi connectivity index (χ3n) is 5.79. The van der Waals surface area contributed by atoms with Crippen molar-refractivity contribution < 1.29 is 19.1 Å². The first-order chi connectivity index (χ1) is 18.0. The number of thiophene rings is 1. The minimum atomic E-state index is -0.852. The number of ketones is 1. The number of nitrogens with zero attached hydrogens (tertiary/aromatic N) is 3. The smallest absolute Gasteiger partial charge is 0.296 e. The van der Waals surface area contributed by atoms with Gasteiger partial charge < -0.3 is 9.52 Å². The zero-order valence-corrected chi connectivity index (χ0v) is 22.0. The van der Waals surface area contributed by atoms with Crippen molar-refractivity contribution in [3.05, 3.63) is 105 Å². The van der Waals surface area contributed by atoms with Crippen LogP contribution in [0.3, 0.4) is 0 Å². The number of carbonyl (C=O) groups is 2. The maximum absolute atomic E-state index is 13.6. The molecule has 1 unspecified atom stereocenters. The lowest BCUT2D eigenvalue weighted by Gasteiger charge is -2.22. The molecule has 4 heterocycles. The first kappa shape index (κ1) is 23.9. The number of fused-ring (bicyclic) bond motifs is 1. The first-order valence-corrected chi connectivity index (χ1v) is 14.1. The molecule has 1 aliphatic heterocycles. The van der Waals surface area contributed by atoms with Crippen LogP contribution in [0.2, 0.25) is 5.02 Å². The summed E-state index contributed by atoms with van der Waals surface area (Å²) in [6.07, 6.45) is 0. The fraction of sp³-hybridized carbons (Fsp3) is 0.0769. The van der Waals surface area contributed by atoms with Gasteiger partial charge in [-0.3, -0.25) is 14.5 Å². The van der Waals surface area contributed by atoms with Crippen LogP contribution in [0.15, 0.2) is 92.2 Å². The predicted octanol–water partition coefficient (Wildman–Crippen LogP) is 7.07. The van der Waals surface area contributed by atoms with Gasteiger partial charge in [0.25, 0.3) is 5.91 Å². The largest absolute Gasteiger partial charge is 0.503 e. The Kier molecular flexibility index (Phi) is 6.33. The monoisotopic (exact) mass is 565 g/mol. The standard InChI is InChI=1S/C26H16ClN3O4S3/c27-16-9-7-14(8-10-16)13-36-26-29-28-25(37-26)30-21(19-6-3-11-35-19)20(23(32)24(30)33)22(31)18-12-15-4-1-2-5-17(15)34-18/h1-12,21,32H,13H2. The number of para-hydroxylation sites is 1. The Balaban J connectivity index is 1.32. The molecule has 5 aromatic rings. The number of benzene rings is 2. The fourth-order valence-corrected chi connectivity index (χ4v) is 6.83. The number of rotatable bonds is 7. The van der Waals surface area contributed by atoms with Crippen molar-refractivity contribution in [2.75, 3.05) is 4.90 Å². The van der Waals surface area contributed by atoms with Crippen LogP contribution in [0.4, 0.5) is 5.13 Å². The van der Waals surface area contributed by atoms with Crippen LogP contribution in [0.25, 0.3) is 11.0 Å². The Hall–Kier alpha value is -3.44. The van der Waals surface area contributed by atoms with E-state index in [2.05, 4.69) is 10.2 Å². The number of aliphatic hydroxyl groups excluding tert-OH is 1. The third kappa shape index (κ3) is 4.46. The molecule has 0 saturated carbocycles. The van der Waals surface area contributed by atoms with E-state index in [4.69, 9.17) is 16.0 Å². The third-order valence-corrected chi connectivity index (χ3v) is 9.10. The number of thioether (sulfide) groups is 1. The Morgan fingerprint density at radius 1 is 1.11 bits per heavy atom. The fourth-order valence-electron chi connectivity index (χ4n) is 4.06. The van der Waals surface area contributed by atoms with Gasteiger partial charge in [0.1, 0.15) is 11.6 Å². The number of halogens is 1. The van der Waals surface area contributed by atoms with Crippen molar-refractivity contribution in [1.82, 2.24) is 10.2 Å². The molecule has 184 valence electrons. The lowest BCUT2D eigenvalue weighted by atomic mass is 10.0. The zero-order chi connectivity index (χ0) is 25.5. The highest BCUT2D eigenvalue weighted by Gasteiger charge is 2.47. The van der Waals surface area contributed by atoms with E-state index in [1.807, 2.05) is 60.0 Å². The molecular formula is C26H16ClN3O4S3. The molecule has 0 aliphatic carbocycles. The van der Waals surface area contributed by atoms with E-state index < -0.39 is 23.5 Å². The number of aliphatic hydroxyl groups is 1. The van der Waals surface area contributed by atoms with E-state index >= 15 is 0 Å². The summed E-state index contributed by atoms with van der Waals surface area (Å²) in [5.74, 6) is -1.18. The summed E-state index contributed by atoms with van der Waals surface area (Å²) in [4.78, 5) is 29.0. The van der Waals surface area contributed by atoms with E-state index in [1.165, 1.54) is 39.3 Å². The lowest BCUT2D eigenvalue weighted by molar-refractivity contribution is -0.117. The summed E-state index contributed by atoms with van der Waals surface area (Å²) in [6, 6.07) is 19.2. The molecule has 0 spiro atoms. The van der Waals surface area contributed by atoms with Crippen LogP contribution >= 0.6 is 46.0 Å². The number of anilines is 1. The van der Waals surface area contributed by atoms with Gasteiger partial charge in [0, 0.05) is 21.0 Å². The van der Waals surface area contributed by atoms with Crippen molar-refractivity contribution in [3.63, 3.8) is 0 Å². The molecule has 7 nitrogen and oxygen atoms in total. The van der Waals surface area contributed by atoms with Crippen LogP contribution in [-0.4, -0.2) is 27.0 Å². The van der Waals surface area contributed by atoms with E-state index in [0.29, 0.717) is 30.7 Å². The molecule has 1 N–H and O–H groups in total. The van der Waals surface area contributed by atoms with Crippen LogP contribution in [0.5, 0.6) is 0 Å². The predicted molar refractivity (Wildman–Crippen MR) is 146 cm³/mol. The zero-order valence-electron chi connectivity index (χ0n) is 18.8. The maximum atomic E-state index is 13.6. The second kappa shape index (κ2) is 9.79. The van der Waals surface area contributed by atoms with Gasteiger partial charge in [-0.25, -0.2) is 0 Å². The average Bonchev–Trinajstić information content (AvgIpc) is 3.70. The van der Waals surface area contributed by atoms with Crippen molar-refractivity contribution >= 4 is 73.8 Å². The van der Waals surface area contributed by atoms with E-state index in [9.17, 15) is 14.7 Å². The molecule has 37 heavy (non-hydrogen) atoms. The quantitative estimate of drug-likeness (QED) is 0.128. The molecule has 1 aliphatic rings. The minimum Gasteiger partial charge on any atom is -0.503 e. The van der Waals surface area contributed by atoms with Gasteiger partial charge in [0.2, 0.25) is 10.9 Å². The topological polar surface area (TPSA) is 96.5 Å². The summed E-state index contributed by atoms with van der Waals surface area (Å²) in [5, 5.41) is 23.0. The number of Topliss-reactive ketones (excluding diaryl/α,β-unsaturated/α-hetero) is 1. The highest BCUT2D eigenvalue weighted by atomic mass is 35.5. The Bertz CT molecular complexity index is 1620. The van der Waals surface area contributed by atoms with E-state index in [-0.39, 0.29) is 11.3 Å². The van der Waals surface area contributed by atoms with Crippen LogP contribution in [-0.2, 0) is 10.5 Å². The molecule has 0 bridgehead atoms. The molecule has 6 rings (SSSR count). The number of carbonyl (C=O) groups excluding carboxylic acids is 2. The Morgan fingerprint density at radius 3 is 2.68 bits per heavy atom. The summed E-state index contributed by atoms with van der Waals surface area (Å²) < 4.78 is 6.41. The lowest BCUT2D eigenvalue weighted by Crippen LogP contribution is -2.30. The molecule has 0 radical (unpaired) electrons. The Labute approximate surface area is 228 Å². The highest BCUT2D eigenvalue weighted by molar-refractivity contribution is 8.00. The Morgan fingerprint density at radius 2 is 1.92 bits per heavy atom. The summed E-state index contributed by atoms with van der Waals surface area (Å²) >= 11 is 10.0. The molecule has 11 heteroatoms. The summed E-state index contributed by atoms with van der Waals surface area (Å²) in [6.45, 7) is 0. The van der Waals surface area contributed by atoms with Gasteiger partial charge in [-0.05, 0) is 41.3 Å². The van der Waals surface area contributed by atoms with Crippen LogP contribution in [0.1, 0.15) is 27.0 Å². The van der Waals surface area contributed by atoms with Crippen molar-refractivity contribution in [1.29, 1.82) is 0 Å². The van der Waals surface area contributed by atoms with E-state index in [1.54, 1.807) is 12.1 Å².